The van der Waals surface area contributed by atoms with E-state index in [1.165, 1.54) is 6.20 Å². The maximum absolute atomic E-state index is 11.9. The molecule has 7 heteroatoms. The van der Waals surface area contributed by atoms with Crippen molar-refractivity contribution in [3.63, 3.8) is 0 Å². The molecular weight excluding hydrogens is 282 g/mol. The highest BCUT2D eigenvalue weighted by Crippen LogP contribution is 2.52. The van der Waals surface area contributed by atoms with Crippen molar-refractivity contribution < 1.29 is 0 Å². The Morgan fingerprint density at radius 1 is 1.36 bits per heavy atom. The van der Waals surface area contributed by atoms with Crippen molar-refractivity contribution in [1.82, 2.24) is 20.2 Å². The second-order valence-electron chi connectivity index (χ2n) is 5.88. The van der Waals surface area contributed by atoms with Gasteiger partial charge in [-0.1, -0.05) is 13.8 Å². The summed E-state index contributed by atoms with van der Waals surface area (Å²) in [5, 5.41) is 17.1. The molecule has 0 amide bonds. The summed E-state index contributed by atoms with van der Waals surface area (Å²) >= 11 is 0. The Kier molecular flexibility index (Phi) is 3.37. The predicted octanol–water partition coefficient (Wildman–Crippen LogP) is 1.15. The molecule has 2 atom stereocenters. The summed E-state index contributed by atoms with van der Waals surface area (Å²) in [4.78, 5) is 27.5. The van der Waals surface area contributed by atoms with E-state index in [2.05, 4.69) is 40.1 Å². The minimum Gasteiger partial charge on any atom is -0.313 e. The average Bonchev–Trinajstić information content (AvgIpc) is 3.27. The Labute approximate surface area is 126 Å². The fourth-order valence-corrected chi connectivity index (χ4v) is 2.82. The van der Waals surface area contributed by atoms with Crippen LogP contribution in [0.15, 0.2) is 21.9 Å². The molecule has 22 heavy (non-hydrogen) atoms. The molecule has 3 rings (SSSR count). The molecule has 0 radical (unpaired) electrons. The molecule has 1 saturated carbocycles. The molecule has 7 nitrogen and oxygen atoms in total. The molecule has 2 N–H and O–H groups in total. The average molecular weight is 297 g/mol. The van der Waals surface area contributed by atoms with E-state index < -0.39 is 11.2 Å². The van der Waals surface area contributed by atoms with Crippen molar-refractivity contribution in [1.29, 1.82) is 5.26 Å². The van der Waals surface area contributed by atoms with E-state index in [1.807, 2.05) is 0 Å². The van der Waals surface area contributed by atoms with Crippen molar-refractivity contribution in [3.8, 4) is 17.3 Å². The first-order chi connectivity index (χ1) is 10.5. The van der Waals surface area contributed by atoms with Crippen LogP contribution in [-0.4, -0.2) is 20.2 Å². The predicted molar refractivity (Wildman–Crippen MR) is 79.1 cm³/mol. The van der Waals surface area contributed by atoms with Gasteiger partial charge in [0.15, 0.2) is 5.69 Å². The van der Waals surface area contributed by atoms with Crippen LogP contribution in [0.4, 0.5) is 0 Å². The van der Waals surface area contributed by atoms with Crippen LogP contribution in [0.3, 0.4) is 0 Å². The lowest BCUT2D eigenvalue weighted by molar-refractivity contribution is 0.548. The summed E-state index contributed by atoms with van der Waals surface area (Å²) in [5.74, 6) is 1.34. The molecule has 1 unspecified atom stereocenters. The van der Waals surface area contributed by atoms with Crippen molar-refractivity contribution >= 4 is 0 Å². The van der Waals surface area contributed by atoms with Gasteiger partial charge in [0, 0.05) is 6.20 Å². The largest absolute Gasteiger partial charge is 0.325 e. The monoisotopic (exact) mass is 297 g/mol. The standard InChI is InChI=1S/C15H15N5O2/c1-7(2)8-3-9(8)10-4-12(19-20-13(10)5-16)11-6-17-15(22)18-14(11)21/h4,6-9H,3H2,1-2H3,(H2,17,18,21,22)/t8?,9-/m0/s1. The van der Waals surface area contributed by atoms with Gasteiger partial charge in [0.1, 0.15) is 11.8 Å². The molecule has 2 aromatic heterocycles. The number of rotatable bonds is 3. The second kappa shape index (κ2) is 5.22. The van der Waals surface area contributed by atoms with E-state index in [-0.39, 0.29) is 11.5 Å². The molecule has 0 bridgehead atoms. The van der Waals surface area contributed by atoms with Gasteiger partial charge in [0.05, 0.1) is 5.56 Å². The van der Waals surface area contributed by atoms with Gasteiger partial charge in [-0.2, -0.15) is 5.26 Å². The second-order valence-corrected chi connectivity index (χ2v) is 5.88. The zero-order valence-corrected chi connectivity index (χ0v) is 12.3. The lowest BCUT2D eigenvalue weighted by Crippen LogP contribution is -2.23. The number of nitrogens with one attached hydrogen (secondary N) is 2. The topological polar surface area (TPSA) is 115 Å². The first-order valence-corrected chi connectivity index (χ1v) is 7.11. The van der Waals surface area contributed by atoms with E-state index in [1.54, 1.807) is 6.07 Å². The normalized spacial score (nSPS) is 19.9. The Morgan fingerprint density at radius 2 is 2.14 bits per heavy atom. The quantitative estimate of drug-likeness (QED) is 0.881. The van der Waals surface area contributed by atoms with E-state index in [0.717, 1.165) is 12.0 Å². The molecular formula is C15H15N5O2. The van der Waals surface area contributed by atoms with E-state index in [4.69, 9.17) is 0 Å². The zero-order valence-electron chi connectivity index (χ0n) is 12.3. The number of aromatic nitrogens is 4. The van der Waals surface area contributed by atoms with Gasteiger partial charge in [-0.15, -0.1) is 10.2 Å². The third-order valence-corrected chi connectivity index (χ3v) is 4.12. The van der Waals surface area contributed by atoms with Crippen LogP contribution in [0.2, 0.25) is 0 Å². The first-order valence-electron chi connectivity index (χ1n) is 7.11. The third-order valence-electron chi connectivity index (χ3n) is 4.12. The minimum absolute atomic E-state index is 0.236. The number of nitrogens with zero attached hydrogens (tertiary/aromatic N) is 3. The third kappa shape index (κ3) is 2.44. The molecule has 0 spiro atoms. The number of nitriles is 1. The number of H-pyrrole nitrogens is 2. The Morgan fingerprint density at radius 3 is 2.73 bits per heavy atom. The van der Waals surface area contributed by atoms with E-state index in [9.17, 15) is 14.9 Å². The maximum Gasteiger partial charge on any atom is 0.325 e. The molecule has 1 aliphatic carbocycles. The Bertz CT molecular complexity index is 874. The highest BCUT2D eigenvalue weighted by molar-refractivity contribution is 5.58. The summed E-state index contributed by atoms with van der Waals surface area (Å²) in [5.41, 5.74) is 0.637. The lowest BCUT2D eigenvalue weighted by atomic mass is 10.0. The number of aromatic amines is 2. The van der Waals surface area contributed by atoms with Crippen LogP contribution < -0.4 is 11.2 Å². The van der Waals surface area contributed by atoms with Gasteiger partial charge in [0.2, 0.25) is 0 Å². The fraction of sp³-hybridized carbons (Fsp3) is 0.400. The molecule has 0 saturated heterocycles. The van der Waals surface area contributed by atoms with Crippen LogP contribution in [0.25, 0.3) is 11.3 Å². The smallest absolute Gasteiger partial charge is 0.313 e. The maximum atomic E-state index is 11.9. The highest BCUT2D eigenvalue weighted by Gasteiger charge is 2.42. The number of hydrogen-bond donors (Lipinski definition) is 2. The van der Waals surface area contributed by atoms with Crippen LogP contribution >= 0.6 is 0 Å². The SMILES string of the molecule is CC(C)C1C[C@@H]1c1cc(-c2c[nH]c(=O)[nH]c2=O)nnc1C#N. The van der Waals surface area contributed by atoms with Crippen molar-refractivity contribution in [2.45, 2.75) is 26.2 Å². The summed E-state index contributed by atoms with van der Waals surface area (Å²) in [7, 11) is 0. The van der Waals surface area contributed by atoms with Crippen LogP contribution in [0.1, 0.15) is 37.4 Å². The molecule has 2 heterocycles. The van der Waals surface area contributed by atoms with Gasteiger partial charge in [0.25, 0.3) is 5.56 Å². The fourth-order valence-electron chi connectivity index (χ4n) is 2.82. The van der Waals surface area contributed by atoms with Crippen molar-refractivity contribution in [3.05, 3.63) is 44.4 Å². The van der Waals surface area contributed by atoms with Gasteiger partial charge in [-0.05, 0) is 35.8 Å². The molecule has 0 aliphatic heterocycles. The van der Waals surface area contributed by atoms with Crippen molar-refractivity contribution in [2.24, 2.45) is 11.8 Å². The van der Waals surface area contributed by atoms with Gasteiger partial charge < -0.3 is 4.98 Å². The Balaban J connectivity index is 2.07. The number of hydrogen-bond acceptors (Lipinski definition) is 5. The molecule has 0 aromatic carbocycles. The highest BCUT2D eigenvalue weighted by atomic mass is 16.2. The summed E-state index contributed by atoms with van der Waals surface area (Å²) in [6, 6.07) is 3.80. The van der Waals surface area contributed by atoms with Gasteiger partial charge >= 0.3 is 5.69 Å². The van der Waals surface area contributed by atoms with Crippen LogP contribution in [0.5, 0.6) is 0 Å². The summed E-state index contributed by atoms with van der Waals surface area (Å²) in [6.07, 6.45) is 2.33. The summed E-state index contributed by atoms with van der Waals surface area (Å²) in [6.45, 7) is 4.30. The molecule has 112 valence electrons. The zero-order chi connectivity index (χ0) is 15.9. The summed E-state index contributed by atoms with van der Waals surface area (Å²) < 4.78 is 0. The van der Waals surface area contributed by atoms with Gasteiger partial charge in [-0.3, -0.25) is 9.78 Å². The van der Waals surface area contributed by atoms with Crippen LogP contribution in [-0.2, 0) is 0 Å². The Hall–Kier alpha value is -2.75. The first kappa shape index (κ1) is 14.2. The van der Waals surface area contributed by atoms with Crippen LogP contribution in [0, 0.1) is 23.2 Å². The van der Waals surface area contributed by atoms with Gasteiger partial charge in [-0.25, -0.2) is 4.79 Å². The lowest BCUT2D eigenvalue weighted by Gasteiger charge is -2.06. The molecule has 2 aromatic rings. The molecule has 1 aliphatic rings. The minimum atomic E-state index is -0.572. The van der Waals surface area contributed by atoms with E-state index in [0.29, 0.717) is 23.2 Å². The molecule has 1 fully saturated rings. The van der Waals surface area contributed by atoms with Crippen molar-refractivity contribution in [2.75, 3.05) is 0 Å². The van der Waals surface area contributed by atoms with E-state index >= 15 is 0 Å².